The van der Waals surface area contributed by atoms with Gasteiger partial charge in [-0.3, -0.25) is 0 Å². The molecule has 2 aromatic rings. The van der Waals surface area contributed by atoms with E-state index < -0.39 is 0 Å². The van der Waals surface area contributed by atoms with Crippen LogP contribution in [0.5, 0.6) is 5.75 Å². The van der Waals surface area contributed by atoms with Crippen LogP contribution in [0, 0.1) is 5.82 Å². The molecule has 0 amide bonds. The van der Waals surface area contributed by atoms with Crippen LogP contribution in [0.1, 0.15) is 31.3 Å². The standard InChI is InChI=1S/C15H20FN3OS/c1-15(2,3)13-17-18-14(21-13)19(4)9-10-6-7-12(20-5)11(16)8-10/h6-8H,9H2,1-5H3. The van der Waals surface area contributed by atoms with E-state index in [4.69, 9.17) is 4.74 Å². The van der Waals surface area contributed by atoms with Crippen LogP contribution in [-0.2, 0) is 12.0 Å². The molecule has 114 valence electrons. The van der Waals surface area contributed by atoms with Crippen molar-refractivity contribution in [3.8, 4) is 5.75 Å². The van der Waals surface area contributed by atoms with E-state index in [0.29, 0.717) is 6.54 Å². The Morgan fingerprint density at radius 1 is 1.29 bits per heavy atom. The van der Waals surface area contributed by atoms with Gasteiger partial charge in [-0.25, -0.2) is 4.39 Å². The number of nitrogens with zero attached hydrogens (tertiary/aromatic N) is 3. The quantitative estimate of drug-likeness (QED) is 0.864. The van der Waals surface area contributed by atoms with Crippen LogP contribution >= 0.6 is 11.3 Å². The molecule has 0 atom stereocenters. The van der Waals surface area contributed by atoms with Gasteiger partial charge in [0.2, 0.25) is 5.13 Å². The highest BCUT2D eigenvalue weighted by atomic mass is 32.1. The average molecular weight is 309 g/mol. The zero-order valence-electron chi connectivity index (χ0n) is 13.0. The number of methoxy groups -OCH3 is 1. The van der Waals surface area contributed by atoms with Crippen molar-refractivity contribution >= 4 is 16.5 Å². The van der Waals surface area contributed by atoms with Crippen molar-refractivity contribution in [2.45, 2.75) is 32.7 Å². The van der Waals surface area contributed by atoms with E-state index in [1.54, 1.807) is 17.4 Å². The summed E-state index contributed by atoms with van der Waals surface area (Å²) in [6.45, 7) is 6.89. The van der Waals surface area contributed by atoms with Gasteiger partial charge in [-0.1, -0.05) is 38.2 Å². The number of aromatic nitrogens is 2. The van der Waals surface area contributed by atoms with Gasteiger partial charge in [0.1, 0.15) is 5.01 Å². The maximum absolute atomic E-state index is 13.7. The summed E-state index contributed by atoms with van der Waals surface area (Å²) in [5, 5.41) is 10.3. The van der Waals surface area contributed by atoms with Gasteiger partial charge in [-0.2, -0.15) is 0 Å². The van der Waals surface area contributed by atoms with Crippen LogP contribution < -0.4 is 9.64 Å². The van der Waals surface area contributed by atoms with Crippen molar-refractivity contribution in [2.75, 3.05) is 19.1 Å². The monoisotopic (exact) mass is 309 g/mol. The van der Waals surface area contributed by atoms with Crippen molar-refractivity contribution in [1.82, 2.24) is 10.2 Å². The number of ether oxygens (including phenoxy) is 1. The molecule has 0 aliphatic carbocycles. The van der Waals surface area contributed by atoms with Gasteiger partial charge in [-0.05, 0) is 17.7 Å². The van der Waals surface area contributed by atoms with E-state index in [9.17, 15) is 4.39 Å². The Labute approximate surface area is 128 Å². The van der Waals surface area contributed by atoms with Crippen LogP contribution in [0.4, 0.5) is 9.52 Å². The zero-order chi connectivity index (χ0) is 15.6. The molecule has 0 spiro atoms. The summed E-state index contributed by atoms with van der Waals surface area (Å²) in [5.74, 6) is -0.0941. The van der Waals surface area contributed by atoms with Crippen molar-refractivity contribution in [2.24, 2.45) is 0 Å². The molecule has 1 aromatic heterocycles. The van der Waals surface area contributed by atoms with Gasteiger partial charge < -0.3 is 9.64 Å². The lowest BCUT2D eigenvalue weighted by Gasteiger charge is -2.16. The summed E-state index contributed by atoms with van der Waals surface area (Å²) in [4.78, 5) is 1.97. The molecule has 4 nitrogen and oxygen atoms in total. The highest BCUT2D eigenvalue weighted by Gasteiger charge is 2.20. The van der Waals surface area contributed by atoms with Crippen LogP contribution in [0.25, 0.3) is 0 Å². The van der Waals surface area contributed by atoms with Crippen LogP contribution in [0.2, 0.25) is 0 Å². The summed E-state index contributed by atoms with van der Waals surface area (Å²) in [6.07, 6.45) is 0. The molecular weight excluding hydrogens is 289 g/mol. The second-order valence-corrected chi connectivity index (χ2v) is 6.92. The smallest absolute Gasteiger partial charge is 0.208 e. The van der Waals surface area contributed by atoms with E-state index in [0.717, 1.165) is 15.7 Å². The molecule has 0 aliphatic heterocycles. The SMILES string of the molecule is COc1ccc(CN(C)c2nnc(C(C)(C)C)s2)cc1F. The molecule has 1 aromatic carbocycles. The molecule has 0 N–H and O–H groups in total. The van der Waals surface area contributed by atoms with Gasteiger partial charge in [0.15, 0.2) is 11.6 Å². The summed E-state index contributed by atoms with van der Waals surface area (Å²) in [6, 6.07) is 4.98. The van der Waals surface area contributed by atoms with E-state index in [1.165, 1.54) is 13.2 Å². The second kappa shape index (κ2) is 5.97. The van der Waals surface area contributed by atoms with Crippen LogP contribution in [0.3, 0.4) is 0 Å². The third-order valence-electron chi connectivity index (χ3n) is 3.02. The minimum atomic E-state index is -0.351. The Balaban J connectivity index is 2.12. The predicted octanol–water partition coefficient (Wildman–Crippen LogP) is 3.62. The topological polar surface area (TPSA) is 38.2 Å². The molecule has 0 bridgehead atoms. The third-order valence-corrected chi connectivity index (χ3v) is 4.48. The Morgan fingerprint density at radius 2 is 2.00 bits per heavy atom. The molecule has 0 saturated heterocycles. The number of halogens is 1. The second-order valence-electron chi connectivity index (χ2n) is 5.96. The molecule has 0 unspecified atom stereocenters. The molecule has 2 rings (SSSR count). The first-order valence-corrected chi connectivity index (χ1v) is 7.50. The van der Waals surface area contributed by atoms with Crippen LogP contribution in [-0.4, -0.2) is 24.4 Å². The Kier molecular flexibility index (Phi) is 4.46. The van der Waals surface area contributed by atoms with Gasteiger partial charge in [0, 0.05) is 19.0 Å². The van der Waals surface area contributed by atoms with E-state index in [1.807, 2.05) is 18.0 Å². The molecule has 0 saturated carbocycles. The highest BCUT2D eigenvalue weighted by molar-refractivity contribution is 7.15. The first-order chi connectivity index (χ1) is 9.81. The molecule has 6 heteroatoms. The first kappa shape index (κ1) is 15.7. The number of benzene rings is 1. The van der Waals surface area contributed by atoms with E-state index in [2.05, 4.69) is 31.0 Å². The van der Waals surface area contributed by atoms with Gasteiger partial charge in [-0.15, -0.1) is 10.2 Å². The van der Waals surface area contributed by atoms with Crippen molar-refractivity contribution in [1.29, 1.82) is 0 Å². The van der Waals surface area contributed by atoms with Crippen molar-refractivity contribution in [3.05, 3.63) is 34.6 Å². The first-order valence-electron chi connectivity index (χ1n) is 6.69. The number of hydrogen-bond donors (Lipinski definition) is 0. The fourth-order valence-electron chi connectivity index (χ4n) is 1.82. The molecule has 1 heterocycles. The molecule has 0 fully saturated rings. The normalized spacial score (nSPS) is 11.5. The van der Waals surface area contributed by atoms with Gasteiger partial charge >= 0.3 is 0 Å². The molecule has 0 radical (unpaired) electrons. The van der Waals surface area contributed by atoms with Crippen molar-refractivity contribution < 1.29 is 9.13 Å². The molecule has 21 heavy (non-hydrogen) atoms. The average Bonchev–Trinajstić information content (AvgIpc) is 2.88. The Hall–Kier alpha value is -1.69. The number of hydrogen-bond acceptors (Lipinski definition) is 5. The largest absolute Gasteiger partial charge is 0.494 e. The Morgan fingerprint density at radius 3 is 2.52 bits per heavy atom. The van der Waals surface area contributed by atoms with Crippen LogP contribution in [0.15, 0.2) is 18.2 Å². The fourth-order valence-corrected chi connectivity index (χ4v) is 2.69. The zero-order valence-corrected chi connectivity index (χ0v) is 13.8. The molecule has 0 aliphatic rings. The van der Waals surface area contributed by atoms with E-state index in [-0.39, 0.29) is 17.0 Å². The van der Waals surface area contributed by atoms with Gasteiger partial charge in [0.05, 0.1) is 7.11 Å². The number of rotatable bonds is 4. The fraction of sp³-hybridized carbons (Fsp3) is 0.467. The minimum absolute atomic E-state index is 0.0109. The van der Waals surface area contributed by atoms with E-state index >= 15 is 0 Å². The summed E-state index contributed by atoms with van der Waals surface area (Å²) < 4.78 is 18.6. The summed E-state index contributed by atoms with van der Waals surface area (Å²) in [7, 11) is 3.38. The minimum Gasteiger partial charge on any atom is -0.494 e. The third kappa shape index (κ3) is 3.69. The lowest BCUT2D eigenvalue weighted by atomic mass is 9.98. The highest BCUT2D eigenvalue weighted by Crippen LogP contribution is 2.30. The number of anilines is 1. The lowest BCUT2D eigenvalue weighted by molar-refractivity contribution is 0.386. The summed E-state index contributed by atoms with van der Waals surface area (Å²) >= 11 is 1.56. The Bertz CT molecular complexity index is 622. The van der Waals surface area contributed by atoms with Gasteiger partial charge in [0.25, 0.3) is 0 Å². The van der Waals surface area contributed by atoms with Crippen molar-refractivity contribution in [3.63, 3.8) is 0 Å². The summed E-state index contributed by atoms with van der Waals surface area (Å²) in [5.41, 5.74) is 0.853. The predicted molar refractivity (Wildman–Crippen MR) is 83.7 cm³/mol. The maximum atomic E-state index is 13.7. The maximum Gasteiger partial charge on any atom is 0.208 e. The molecular formula is C15H20FN3OS. The lowest BCUT2D eigenvalue weighted by Crippen LogP contribution is -2.16.